The molecule has 3 nitrogen and oxygen atoms in total. The van der Waals surface area contributed by atoms with Gasteiger partial charge in [0.15, 0.2) is 11.6 Å². The van der Waals surface area contributed by atoms with E-state index in [9.17, 15) is 13.6 Å². The molecule has 0 atom stereocenters. The quantitative estimate of drug-likeness (QED) is 0.870. The van der Waals surface area contributed by atoms with Crippen molar-refractivity contribution in [1.82, 2.24) is 4.98 Å². The fourth-order valence-corrected chi connectivity index (χ4v) is 1.41. The first-order valence-electron chi connectivity index (χ1n) is 4.73. The Hall–Kier alpha value is -2.30. The molecule has 0 spiro atoms. The zero-order valence-corrected chi connectivity index (χ0v) is 8.52. The molecule has 1 N–H and O–H groups in total. The molecule has 0 unspecified atom stereocenters. The van der Waals surface area contributed by atoms with Crippen molar-refractivity contribution < 1.29 is 18.7 Å². The second-order valence-corrected chi connectivity index (χ2v) is 3.34. The minimum atomic E-state index is -1.17. The number of nitrogens with zero attached hydrogens (tertiary/aromatic N) is 1. The highest BCUT2D eigenvalue weighted by Gasteiger charge is 2.11. The number of aromatic carboxylic acids is 1. The van der Waals surface area contributed by atoms with Gasteiger partial charge in [-0.2, -0.15) is 0 Å². The molecule has 0 fully saturated rings. The molecule has 2 rings (SSSR count). The number of carboxylic acid groups (broad SMARTS) is 1. The first-order chi connectivity index (χ1) is 8.09. The summed E-state index contributed by atoms with van der Waals surface area (Å²) in [5, 5.41) is 8.65. The van der Waals surface area contributed by atoms with Crippen molar-refractivity contribution in [2.45, 2.75) is 0 Å². The molecule has 1 aromatic heterocycles. The van der Waals surface area contributed by atoms with Crippen LogP contribution in [0.4, 0.5) is 8.78 Å². The predicted octanol–water partition coefficient (Wildman–Crippen LogP) is 2.73. The van der Waals surface area contributed by atoms with Gasteiger partial charge in [-0.05, 0) is 12.1 Å². The van der Waals surface area contributed by atoms with Crippen LogP contribution in [0.15, 0.2) is 36.5 Å². The van der Waals surface area contributed by atoms with Gasteiger partial charge in [-0.25, -0.2) is 18.6 Å². The van der Waals surface area contributed by atoms with Gasteiger partial charge in [-0.1, -0.05) is 18.2 Å². The number of aromatic nitrogens is 1. The SMILES string of the molecule is O=C(O)c1ccc(-c2cccc(F)c2F)cn1. The van der Waals surface area contributed by atoms with Crippen LogP contribution in [0, 0.1) is 11.6 Å². The summed E-state index contributed by atoms with van der Waals surface area (Å²) >= 11 is 0. The average Bonchev–Trinajstić information content (AvgIpc) is 2.33. The molecule has 0 aliphatic carbocycles. The minimum Gasteiger partial charge on any atom is -0.477 e. The summed E-state index contributed by atoms with van der Waals surface area (Å²) in [6.45, 7) is 0. The lowest BCUT2D eigenvalue weighted by Gasteiger charge is -2.03. The fourth-order valence-electron chi connectivity index (χ4n) is 1.41. The second-order valence-electron chi connectivity index (χ2n) is 3.34. The lowest BCUT2D eigenvalue weighted by atomic mass is 10.1. The number of benzene rings is 1. The minimum absolute atomic E-state index is 0.0504. The van der Waals surface area contributed by atoms with Crippen LogP contribution in [0.1, 0.15) is 10.5 Å². The van der Waals surface area contributed by atoms with Crippen LogP contribution < -0.4 is 0 Å². The van der Waals surface area contributed by atoms with Crippen LogP contribution in [0.5, 0.6) is 0 Å². The molecular formula is C12H7F2NO2. The van der Waals surface area contributed by atoms with Crippen molar-refractivity contribution in [1.29, 1.82) is 0 Å². The average molecular weight is 235 g/mol. The first-order valence-corrected chi connectivity index (χ1v) is 4.73. The summed E-state index contributed by atoms with van der Waals surface area (Å²) in [4.78, 5) is 14.2. The Morgan fingerprint density at radius 3 is 2.53 bits per heavy atom. The molecule has 1 heterocycles. The van der Waals surface area contributed by atoms with Crippen molar-refractivity contribution in [2.75, 3.05) is 0 Å². The number of carboxylic acids is 1. The van der Waals surface area contributed by atoms with Gasteiger partial charge < -0.3 is 5.11 Å². The molecule has 0 bridgehead atoms. The van der Waals surface area contributed by atoms with Gasteiger partial charge in [0, 0.05) is 17.3 Å². The highest BCUT2D eigenvalue weighted by molar-refractivity contribution is 5.85. The van der Waals surface area contributed by atoms with Gasteiger partial charge in [0.25, 0.3) is 0 Å². The van der Waals surface area contributed by atoms with E-state index in [1.165, 1.54) is 30.5 Å². The normalized spacial score (nSPS) is 10.2. The van der Waals surface area contributed by atoms with E-state index in [0.29, 0.717) is 5.56 Å². The third-order valence-electron chi connectivity index (χ3n) is 2.25. The van der Waals surface area contributed by atoms with E-state index in [2.05, 4.69) is 4.98 Å². The number of hydrogen-bond acceptors (Lipinski definition) is 2. The predicted molar refractivity (Wildman–Crippen MR) is 56.5 cm³/mol. The molecular weight excluding hydrogens is 228 g/mol. The van der Waals surface area contributed by atoms with E-state index in [1.807, 2.05) is 0 Å². The topological polar surface area (TPSA) is 50.2 Å². The maximum Gasteiger partial charge on any atom is 0.354 e. The van der Waals surface area contributed by atoms with Gasteiger partial charge in [0.1, 0.15) is 5.69 Å². The number of carbonyl (C=O) groups is 1. The van der Waals surface area contributed by atoms with Crippen LogP contribution in [-0.2, 0) is 0 Å². The maximum absolute atomic E-state index is 13.4. The van der Waals surface area contributed by atoms with Gasteiger partial charge in [-0.3, -0.25) is 0 Å². The molecule has 0 aliphatic heterocycles. The molecule has 0 radical (unpaired) electrons. The molecule has 0 saturated carbocycles. The Balaban J connectivity index is 2.47. The fraction of sp³-hybridized carbons (Fsp3) is 0. The third-order valence-corrected chi connectivity index (χ3v) is 2.25. The standard InChI is InChI=1S/C12H7F2NO2/c13-9-3-1-2-8(11(9)14)7-4-5-10(12(16)17)15-6-7/h1-6H,(H,16,17). The number of pyridine rings is 1. The summed E-state index contributed by atoms with van der Waals surface area (Å²) < 4.78 is 26.4. The van der Waals surface area contributed by atoms with Crippen LogP contribution in [0.3, 0.4) is 0 Å². The number of hydrogen-bond donors (Lipinski definition) is 1. The third kappa shape index (κ3) is 2.13. The van der Waals surface area contributed by atoms with E-state index < -0.39 is 17.6 Å². The van der Waals surface area contributed by atoms with E-state index in [-0.39, 0.29) is 11.3 Å². The maximum atomic E-state index is 13.4. The molecule has 5 heteroatoms. The summed E-state index contributed by atoms with van der Waals surface area (Å²) in [6, 6.07) is 6.41. The van der Waals surface area contributed by atoms with E-state index in [0.717, 1.165) is 6.07 Å². The largest absolute Gasteiger partial charge is 0.477 e. The zero-order valence-electron chi connectivity index (χ0n) is 8.52. The summed E-state index contributed by atoms with van der Waals surface area (Å²) in [5.41, 5.74) is 0.229. The molecule has 0 aliphatic rings. The Bertz CT molecular complexity index is 567. The monoisotopic (exact) mass is 235 g/mol. The summed E-state index contributed by atoms with van der Waals surface area (Å²) in [5.74, 6) is -3.10. The van der Waals surface area contributed by atoms with E-state index >= 15 is 0 Å². The summed E-state index contributed by atoms with van der Waals surface area (Å²) in [7, 11) is 0. The zero-order chi connectivity index (χ0) is 12.4. The first kappa shape index (κ1) is 11.2. The van der Waals surface area contributed by atoms with Crippen LogP contribution in [0.25, 0.3) is 11.1 Å². The number of rotatable bonds is 2. The van der Waals surface area contributed by atoms with Gasteiger partial charge in [0.05, 0.1) is 0 Å². The van der Waals surface area contributed by atoms with Crippen molar-refractivity contribution in [3.05, 3.63) is 53.9 Å². The van der Waals surface area contributed by atoms with E-state index in [4.69, 9.17) is 5.11 Å². The molecule has 86 valence electrons. The van der Waals surface area contributed by atoms with Crippen molar-refractivity contribution in [3.63, 3.8) is 0 Å². The Labute approximate surface area is 95.4 Å². The Kier molecular flexibility index (Phi) is 2.82. The van der Waals surface area contributed by atoms with Crippen molar-refractivity contribution in [2.24, 2.45) is 0 Å². The highest BCUT2D eigenvalue weighted by Crippen LogP contribution is 2.23. The number of halogens is 2. The Morgan fingerprint density at radius 1 is 1.18 bits per heavy atom. The summed E-state index contributed by atoms with van der Waals surface area (Å²) in [6.07, 6.45) is 1.20. The second kappa shape index (κ2) is 4.29. The molecule has 2 aromatic rings. The van der Waals surface area contributed by atoms with E-state index in [1.54, 1.807) is 0 Å². The van der Waals surface area contributed by atoms with Crippen LogP contribution >= 0.6 is 0 Å². The van der Waals surface area contributed by atoms with Crippen molar-refractivity contribution in [3.8, 4) is 11.1 Å². The van der Waals surface area contributed by atoms with Gasteiger partial charge >= 0.3 is 5.97 Å². The smallest absolute Gasteiger partial charge is 0.354 e. The lowest BCUT2D eigenvalue weighted by molar-refractivity contribution is 0.0690. The molecule has 1 aromatic carbocycles. The Morgan fingerprint density at radius 2 is 1.94 bits per heavy atom. The van der Waals surface area contributed by atoms with Crippen LogP contribution in [0.2, 0.25) is 0 Å². The molecule has 0 amide bonds. The van der Waals surface area contributed by atoms with Crippen molar-refractivity contribution >= 4 is 5.97 Å². The van der Waals surface area contributed by atoms with Gasteiger partial charge in [-0.15, -0.1) is 0 Å². The molecule has 17 heavy (non-hydrogen) atoms. The lowest BCUT2D eigenvalue weighted by Crippen LogP contribution is -1.99. The highest BCUT2D eigenvalue weighted by atomic mass is 19.2. The van der Waals surface area contributed by atoms with Gasteiger partial charge in [0.2, 0.25) is 0 Å². The van der Waals surface area contributed by atoms with Crippen LogP contribution in [-0.4, -0.2) is 16.1 Å². The molecule has 0 saturated heterocycles.